The molecule has 2 nitrogen and oxygen atoms in total. The summed E-state index contributed by atoms with van der Waals surface area (Å²) in [6, 6.07) is 2.29. The van der Waals surface area contributed by atoms with Crippen LogP contribution in [0.25, 0.3) is 0 Å². The lowest BCUT2D eigenvalue weighted by atomic mass is 10.0. The first-order valence-electron chi connectivity index (χ1n) is 7.19. The normalized spacial score (nSPS) is 25.9. The average molecular weight is 226 g/mol. The Morgan fingerprint density at radius 2 is 1.88 bits per heavy atom. The maximum Gasteiger partial charge on any atom is 0.0249 e. The van der Waals surface area contributed by atoms with Crippen molar-refractivity contribution < 1.29 is 0 Å². The Balaban J connectivity index is 2.49. The van der Waals surface area contributed by atoms with E-state index >= 15 is 0 Å². The molecule has 1 N–H and O–H groups in total. The first-order valence-corrected chi connectivity index (χ1v) is 7.19. The molecule has 16 heavy (non-hydrogen) atoms. The summed E-state index contributed by atoms with van der Waals surface area (Å²) in [5.74, 6) is 0. The van der Waals surface area contributed by atoms with Crippen LogP contribution in [0, 0.1) is 0 Å². The minimum atomic E-state index is 0.741. The van der Waals surface area contributed by atoms with Gasteiger partial charge in [0.05, 0.1) is 0 Å². The summed E-state index contributed by atoms with van der Waals surface area (Å²) in [4.78, 5) is 2.64. The number of rotatable bonds is 7. The molecule has 0 aromatic rings. The second-order valence-corrected chi connectivity index (χ2v) is 5.19. The van der Waals surface area contributed by atoms with Gasteiger partial charge in [0, 0.05) is 18.1 Å². The van der Waals surface area contributed by atoms with E-state index in [1.165, 1.54) is 45.1 Å². The molecule has 1 saturated carbocycles. The molecular weight excluding hydrogens is 196 g/mol. The van der Waals surface area contributed by atoms with Crippen molar-refractivity contribution in [3.8, 4) is 0 Å². The Kier molecular flexibility index (Phi) is 6.37. The zero-order valence-corrected chi connectivity index (χ0v) is 11.6. The van der Waals surface area contributed by atoms with Gasteiger partial charge >= 0.3 is 0 Å². The molecule has 0 heterocycles. The summed E-state index contributed by atoms with van der Waals surface area (Å²) in [6.07, 6.45) is 7.96. The van der Waals surface area contributed by atoms with E-state index in [1.807, 2.05) is 0 Å². The number of nitrogens with zero attached hydrogens (tertiary/aromatic N) is 1. The van der Waals surface area contributed by atoms with Crippen LogP contribution in [0.4, 0.5) is 0 Å². The van der Waals surface area contributed by atoms with Crippen molar-refractivity contribution in [2.75, 3.05) is 13.6 Å². The fourth-order valence-corrected chi connectivity index (χ4v) is 3.13. The molecule has 0 amide bonds. The third kappa shape index (κ3) is 3.46. The van der Waals surface area contributed by atoms with Crippen molar-refractivity contribution in [3.05, 3.63) is 0 Å². The number of nitrogens with one attached hydrogen (secondary N) is 1. The Labute approximate surface area is 102 Å². The highest BCUT2D eigenvalue weighted by molar-refractivity contribution is 4.91. The van der Waals surface area contributed by atoms with Gasteiger partial charge in [-0.15, -0.1) is 0 Å². The van der Waals surface area contributed by atoms with E-state index in [2.05, 4.69) is 38.0 Å². The second-order valence-electron chi connectivity index (χ2n) is 5.19. The van der Waals surface area contributed by atoms with E-state index < -0.39 is 0 Å². The quantitative estimate of drug-likeness (QED) is 0.718. The molecule has 0 radical (unpaired) electrons. The van der Waals surface area contributed by atoms with Crippen LogP contribution in [0.2, 0.25) is 0 Å². The summed E-state index contributed by atoms with van der Waals surface area (Å²) in [5, 5.41) is 3.72. The fraction of sp³-hybridized carbons (Fsp3) is 1.00. The van der Waals surface area contributed by atoms with Gasteiger partial charge in [0.15, 0.2) is 0 Å². The fourth-order valence-electron chi connectivity index (χ4n) is 3.13. The van der Waals surface area contributed by atoms with E-state index in [0.29, 0.717) is 0 Å². The molecule has 96 valence electrons. The van der Waals surface area contributed by atoms with Crippen LogP contribution in [0.15, 0.2) is 0 Å². The molecule has 0 saturated heterocycles. The summed E-state index contributed by atoms with van der Waals surface area (Å²) in [5.41, 5.74) is 0. The summed E-state index contributed by atoms with van der Waals surface area (Å²) >= 11 is 0. The Morgan fingerprint density at radius 1 is 1.19 bits per heavy atom. The highest BCUT2D eigenvalue weighted by atomic mass is 15.2. The summed E-state index contributed by atoms with van der Waals surface area (Å²) in [7, 11) is 2.33. The maximum absolute atomic E-state index is 3.72. The van der Waals surface area contributed by atoms with Crippen LogP contribution in [-0.2, 0) is 0 Å². The number of likely N-dealkylation sites (N-methyl/N-ethyl adjacent to an activating group) is 1. The van der Waals surface area contributed by atoms with Crippen LogP contribution < -0.4 is 5.32 Å². The molecule has 1 aliphatic carbocycles. The lowest BCUT2D eigenvalue weighted by Gasteiger charge is -2.35. The molecule has 1 aliphatic rings. The lowest BCUT2D eigenvalue weighted by molar-refractivity contribution is 0.144. The van der Waals surface area contributed by atoms with Gasteiger partial charge in [0.25, 0.3) is 0 Å². The lowest BCUT2D eigenvalue weighted by Crippen LogP contribution is -2.49. The Bertz CT molecular complexity index is 178. The highest BCUT2D eigenvalue weighted by Gasteiger charge is 2.31. The molecule has 0 spiro atoms. The predicted molar refractivity (Wildman–Crippen MR) is 71.9 cm³/mol. The molecule has 2 unspecified atom stereocenters. The molecule has 0 aromatic heterocycles. The first-order chi connectivity index (χ1) is 7.74. The Morgan fingerprint density at radius 3 is 2.44 bits per heavy atom. The van der Waals surface area contributed by atoms with E-state index in [1.54, 1.807) is 0 Å². The van der Waals surface area contributed by atoms with Crippen LogP contribution in [0.1, 0.15) is 59.3 Å². The van der Waals surface area contributed by atoms with Crippen molar-refractivity contribution in [1.29, 1.82) is 0 Å². The van der Waals surface area contributed by atoms with Gasteiger partial charge in [0.1, 0.15) is 0 Å². The molecule has 2 heteroatoms. The monoisotopic (exact) mass is 226 g/mol. The molecule has 2 atom stereocenters. The van der Waals surface area contributed by atoms with E-state index in [0.717, 1.165) is 18.1 Å². The van der Waals surface area contributed by atoms with Gasteiger partial charge < -0.3 is 5.32 Å². The number of hydrogen-bond donors (Lipinski definition) is 1. The molecular formula is C14H30N2. The summed E-state index contributed by atoms with van der Waals surface area (Å²) < 4.78 is 0. The van der Waals surface area contributed by atoms with E-state index in [-0.39, 0.29) is 0 Å². The smallest absolute Gasteiger partial charge is 0.0249 e. The van der Waals surface area contributed by atoms with Crippen molar-refractivity contribution in [3.63, 3.8) is 0 Å². The van der Waals surface area contributed by atoms with Crippen molar-refractivity contribution in [2.45, 2.75) is 77.4 Å². The second kappa shape index (κ2) is 7.29. The molecule has 1 fully saturated rings. The number of hydrogen-bond acceptors (Lipinski definition) is 2. The van der Waals surface area contributed by atoms with Crippen molar-refractivity contribution >= 4 is 0 Å². The third-order valence-electron chi connectivity index (χ3n) is 4.18. The van der Waals surface area contributed by atoms with Gasteiger partial charge in [-0.05, 0) is 45.7 Å². The van der Waals surface area contributed by atoms with Gasteiger partial charge in [-0.25, -0.2) is 0 Å². The van der Waals surface area contributed by atoms with Gasteiger partial charge in [-0.3, -0.25) is 4.90 Å². The third-order valence-corrected chi connectivity index (χ3v) is 4.18. The predicted octanol–water partition coefficient (Wildman–Crippen LogP) is 3.03. The van der Waals surface area contributed by atoms with Crippen LogP contribution in [0.3, 0.4) is 0 Å². The average Bonchev–Trinajstić information content (AvgIpc) is 2.75. The van der Waals surface area contributed by atoms with Gasteiger partial charge in [0.2, 0.25) is 0 Å². The van der Waals surface area contributed by atoms with Gasteiger partial charge in [-0.1, -0.05) is 27.2 Å². The minimum Gasteiger partial charge on any atom is -0.312 e. The van der Waals surface area contributed by atoms with Crippen molar-refractivity contribution in [1.82, 2.24) is 10.2 Å². The van der Waals surface area contributed by atoms with E-state index in [4.69, 9.17) is 0 Å². The zero-order valence-electron chi connectivity index (χ0n) is 11.6. The summed E-state index contributed by atoms with van der Waals surface area (Å²) in [6.45, 7) is 8.06. The van der Waals surface area contributed by atoms with E-state index in [9.17, 15) is 0 Å². The van der Waals surface area contributed by atoms with Crippen LogP contribution in [-0.4, -0.2) is 36.6 Å². The first kappa shape index (κ1) is 14.0. The largest absolute Gasteiger partial charge is 0.312 e. The SMILES string of the molecule is CCCNC1CCCC1N(C)C(CC)CC. The highest BCUT2D eigenvalue weighted by Crippen LogP contribution is 2.26. The maximum atomic E-state index is 3.72. The van der Waals surface area contributed by atoms with Crippen LogP contribution in [0.5, 0.6) is 0 Å². The minimum absolute atomic E-state index is 0.741. The van der Waals surface area contributed by atoms with Crippen LogP contribution >= 0.6 is 0 Å². The van der Waals surface area contributed by atoms with Crippen molar-refractivity contribution in [2.24, 2.45) is 0 Å². The topological polar surface area (TPSA) is 15.3 Å². The standard InChI is InChI=1S/C14H30N2/c1-5-11-15-13-9-8-10-14(13)16(4)12(6-2)7-3/h12-15H,5-11H2,1-4H3. The van der Waals surface area contributed by atoms with Gasteiger partial charge in [-0.2, -0.15) is 0 Å². The molecule has 0 aliphatic heterocycles. The molecule has 0 bridgehead atoms. The zero-order chi connectivity index (χ0) is 12.0. The molecule has 1 rings (SSSR count). The Hall–Kier alpha value is -0.0800. The molecule has 0 aromatic carbocycles.